The van der Waals surface area contributed by atoms with E-state index in [4.69, 9.17) is 14.2 Å². The van der Waals surface area contributed by atoms with Crippen LogP contribution in [0.2, 0.25) is 0 Å². The summed E-state index contributed by atoms with van der Waals surface area (Å²) in [6, 6.07) is 5.00. The Labute approximate surface area is 259 Å². The summed E-state index contributed by atoms with van der Waals surface area (Å²) in [6.07, 6.45) is 3.21. The number of alkyl halides is 3. The molecular formula is C31H40F3N7O4. The minimum Gasteiger partial charge on any atom is -0.486 e. The van der Waals surface area contributed by atoms with Gasteiger partial charge in [-0.25, -0.2) is 9.48 Å². The SMILES string of the molecule is Cn1c(COc2cccc(C(F)(F)F)c2)nnc1[C@H]1CC[C@H](n2cc(C3OCC4(NC(=O)OC(C)(C)C)CCCC34)nn2)CC1. The third-order valence-electron chi connectivity index (χ3n) is 9.27. The third kappa shape index (κ3) is 6.66. The maximum absolute atomic E-state index is 13.0. The van der Waals surface area contributed by atoms with Crippen LogP contribution in [0.15, 0.2) is 30.5 Å². The van der Waals surface area contributed by atoms with Gasteiger partial charge in [0.05, 0.1) is 29.9 Å². The molecule has 3 aromatic rings. The van der Waals surface area contributed by atoms with E-state index in [0.717, 1.165) is 68.6 Å². The first kappa shape index (κ1) is 31.3. The van der Waals surface area contributed by atoms with Crippen LogP contribution in [-0.2, 0) is 29.3 Å². The molecule has 11 nitrogen and oxygen atoms in total. The van der Waals surface area contributed by atoms with Crippen LogP contribution in [0.1, 0.15) is 107 Å². The highest BCUT2D eigenvalue weighted by Crippen LogP contribution is 2.50. The molecule has 2 saturated carbocycles. The molecule has 6 rings (SSSR count). The van der Waals surface area contributed by atoms with Gasteiger partial charge in [0.15, 0.2) is 5.82 Å². The Balaban J connectivity index is 1.04. The van der Waals surface area contributed by atoms with E-state index in [2.05, 4.69) is 25.8 Å². The van der Waals surface area contributed by atoms with E-state index in [0.29, 0.717) is 12.4 Å². The molecule has 3 aliphatic rings. The summed E-state index contributed by atoms with van der Waals surface area (Å²) in [5.74, 6) is 1.81. The van der Waals surface area contributed by atoms with Crippen molar-refractivity contribution in [2.24, 2.45) is 13.0 Å². The number of amides is 1. The van der Waals surface area contributed by atoms with Gasteiger partial charge < -0.3 is 24.1 Å². The predicted molar refractivity (Wildman–Crippen MR) is 155 cm³/mol. The molecule has 2 aromatic heterocycles. The number of benzene rings is 1. The Morgan fingerprint density at radius 2 is 1.89 bits per heavy atom. The number of carbonyl (C=O) groups is 1. The van der Waals surface area contributed by atoms with Crippen molar-refractivity contribution in [3.63, 3.8) is 0 Å². The minimum atomic E-state index is -4.43. The lowest BCUT2D eigenvalue weighted by atomic mass is 9.85. The second-order valence-corrected chi connectivity index (χ2v) is 13.5. The van der Waals surface area contributed by atoms with Crippen molar-refractivity contribution in [3.8, 4) is 5.75 Å². The van der Waals surface area contributed by atoms with Crippen LogP contribution in [0.4, 0.5) is 18.0 Å². The van der Waals surface area contributed by atoms with E-state index in [1.807, 2.05) is 43.3 Å². The number of aromatic nitrogens is 6. The average Bonchev–Trinajstić information content (AvgIpc) is 3.75. The maximum Gasteiger partial charge on any atom is 0.416 e. The van der Waals surface area contributed by atoms with Crippen molar-refractivity contribution in [1.29, 1.82) is 0 Å². The second kappa shape index (κ2) is 11.9. The fraction of sp³-hybridized carbons (Fsp3) is 0.645. The maximum atomic E-state index is 13.0. The normalized spacial score (nSPS) is 26.9. The fourth-order valence-electron chi connectivity index (χ4n) is 7.03. The van der Waals surface area contributed by atoms with Gasteiger partial charge in [0, 0.05) is 18.9 Å². The largest absolute Gasteiger partial charge is 0.486 e. The smallest absolute Gasteiger partial charge is 0.416 e. The molecule has 0 bridgehead atoms. The van der Waals surface area contributed by atoms with Crippen molar-refractivity contribution in [2.45, 2.75) is 108 Å². The first-order valence-electron chi connectivity index (χ1n) is 15.5. The molecule has 3 atom stereocenters. The number of alkyl carbamates (subject to hydrolysis) is 1. The van der Waals surface area contributed by atoms with E-state index < -0.39 is 29.0 Å². The average molecular weight is 632 g/mol. The molecule has 3 heterocycles. The summed E-state index contributed by atoms with van der Waals surface area (Å²) in [5, 5.41) is 20.8. The quantitative estimate of drug-likeness (QED) is 0.336. The van der Waals surface area contributed by atoms with Crippen molar-refractivity contribution in [3.05, 3.63) is 53.4 Å². The summed E-state index contributed by atoms with van der Waals surface area (Å²) in [6.45, 7) is 5.99. The van der Waals surface area contributed by atoms with E-state index in [1.54, 1.807) is 0 Å². The van der Waals surface area contributed by atoms with Crippen LogP contribution in [0.3, 0.4) is 0 Å². The first-order valence-corrected chi connectivity index (χ1v) is 15.5. The first-order chi connectivity index (χ1) is 21.3. The predicted octanol–water partition coefficient (Wildman–Crippen LogP) is 6.04. The van der Waals surface area contributed by atoms with E-state index in [9.17, 15) is 18.0 Å². The summed E-state index contributed by atoms with van der Waals surface area (Å²) in [4.78, 5) is 12.6. The number of nitrogens with one attached hydrogen (secondary N) is 1. The zero-order valence-corrected chi connectivity index (χ0v) is 26.0. The monoisotopic (exact) mass is 631 g/mol. The number of nitrogens with zero attached hydrogens (tertiary/aromatic N) is 6. The molecule has 1 aliphatic heterocycles. The number of hydrogen-bond acceptors (Lipinski definition) is 8. The molecule has 1 aromatic carbocycles. The summed E-state index contributed by atoms with van der Waals surface area (Å²) < 4.78 is 60.3. The third-order valence-corrected chi connectivity index (χ3v) is 9.27. The molecule has 45 heavy (non-hydrogen) atoms. The van der Waals surface area contributed by atoms with Crippen molar-refractivity contribution >= 4 is 6.09 Å². The van der Waals surface area contributed by atoms with Crippen LogP contribution in [0.5, 0.6) is 5.75 Å². The van der Waals surface area contributed by atoms with Crippen LogP contribution in [-0.4, -0.2) is 53.6 Å². The molecule has 244 valence electrons. The van der Waals surface area contributed by atoms with Gasteiger partial charge in [-0.1, -0.05) is 17.7 Å². The van der Waals surface area contributed by atoms with E-state index in [1.165, 1.54) is 12.1 Å². The standard InChI is InChI=1S/C31H40F3N7O4/c1-29(2,3)45-28(42)35-30-14-6-9-23(30)26(44-18-30)24-16-41(39-36-24)21-12-10-19(11-13-21)27-38-37-25(40(27)4)17-43-22-8-5-7-20(15-22)31(32,33)34/h5,7-8,15-16,19,21,23,26H,6,9-14,17-18H2,1-4H3,(H,35,42)/t19-,21-,23?,26?,30?. The van der Waals surface area contributed by atoms with Crippen LogP contribution >= 0.6 is 0 Å². The Bertz CT molecular complexity index is 1510. The molecule has 3 unspecified atom stereocenters. The number of ether oxygens (including phenoxy) is 3. The zero-order chi connectivity index (χ0) is 32.0. The zero-order valence-electron chi connectivity index (χ0n) is 26.0. The highest BCUT2D eigenvalue weighted by molar-refractivity contribution is 5.69. The molecule has 1 amide bonds. The Morgan fingerprint density at radius 3 is 2.62 bits per heavy atom. The summed E-state index contributed by atoms with van der Waals surface area (Å²) >= 11 is 0. The van der Waals surface area contributed by atoms with Gasteiger partial charge in [-0.05, 0) is 77.5 Å². The van der Waals surface area contributed by atoms with Gasteiger partial charge in [-0.2, -0.15) is 13.2 Å². The van der Waals surface area contributed by atoms with Crippen molar-refractivity contribution < 1.29 is 32.2 Å². The van der Waals surface area contributed by atoms with Crippen LogP contribution in [0.25, 0.3) is 0 Å². The van der Waals surface area contributed by atoms with Gasteiger partial charge in [-0.3, -0.25) is 0 Å². The minimum absolute atomic E-state index is 0.0146. The molecule has 2 aliphatic carbocycles. The number of halogens is 3. The van der Waals surface area contributed by atoms with Gasteiger partial charge >= 0.3 is 12.3 Å². The number of fused-ring (bicyclic) bond motifs is 1. The highest BCUT2D eigenvalue weighted by Gasteiger charge is 2.55. The fourth-order valence-corrected chi connectivity index (χ4v) is 7.03. The molecule has 0 radical (unpaired) electrons. The van der Waals surface area contributed by atoms with Gasteiger partial charge in [0.1, 0.15) is 35.6 Å². The summed E-state index contributed by atoms with van der Waals surface area (Å²) in [7, 11) is 1.86. The number of carbonyl (C=O) groups excluding carboxylic acids is 1. The van der Waals surface area contributed by atoms with Crippen LogP contribution in [0, 0.1) is 5.92 Å². The van der Waals surface area contributed by atoms with Crippen LogP contribution < -0.4 is 10.1 Å². The lowest BCUT2D eigenvalue weighted by Gasteiger charge is -2.31. The molecule has 1 N–H and O–H groups in total. The Hall–Kier alpha value is -3.68. The van der Waals surface area contributed by atoms with Gasteiger partial charge in [0.2, 0.25) is 0 Å². The molecule has 14 heteroatoms. The molecule has 1 saturated heterocycles. The molecule has 3 fully saturated rings. The summed E-state index contributed by atoms with van der Waals surface area (Å²) in [5.41, 5.74) is -1.00. The Kier molecular flexibility index (Phi) is 8.29. The number of rotatable bonds is 7. The topological polar surface area (TPSA) is 118 Å². The van der Waals surface area contributed by atoms with Gasteiger partial charge in [-0.15, -0.1) is 15.3 Å². The highest BCUT2D eigenvalue weighted by atomic mass is 19.4. The molecule has 0 spiro atoms. The Morgan fingerprint density at radius 1 is 1.11 bits per heavy atom. The molecular weight excluding hydrogens is 591 g/mol. The van der Waals surface area contributed by atoms with Crippen molar-refractivity contribution in [2.75, 3.05) is 6.61 Å². The van der Waals surface area contributed by atoms with E-state index in [-0.39, 0.29) is 36.3 Å². The lowest BCUT2D eigenvalue weighted by molar-refractivity contribution is -0.137. The second-order valence-electron chi connectivity index (χ2n) is 13.5. The number of hydrogen-bond donors (Lipinski definition) is 1. The van der Waals surface area contributed by atoms with Crippen molar-refractivity contribution in [1.82, 2.24) is 35.1 Å². The van der Waals surface area contributed by atoms with E-state index >= 15 is 0 Å². The lowest BCUT2D eigenvalue weighted by Crippen LogP contribution is -2.52. The van der Waals surface area contributed by atoms with Gasteiger partial charge in [0.25, 0.3) is 0 Å².